The smallest absolute Gasteiger partial charge is 0.0925 e. The third-order valence-corrected chi connectivity index (χ3v) is 3.98. The van der Waals surface area contributed by atoms with Crippen molar-refractivity contribution in [1.29, 1.82) is 0 Å². The lowest BCUT2D eigenvalue weighted by atomic mass is 10.2. The third-order valence-electron chi connectivity index (χ3n) is 2.84. The molecule has 0 aliphatic carbocycles. The van der Waals surface area contributed by atoms with Crippen LogP contribution in [0.1, 0.15) is 29.3 Å². The van der Waals surface area contributed by atoms with Crippen molar-refractivity contribution in [2.75, 3.05) is 11.9 Å². The summed E-state index contributed by atoms with van der Waals surface area (Å²) in [7, 11) is 0. The van der Waals surface area contributed by atoms with Gasteiger partial charge in [0.1, 0.15) is 0 Å². The number of nitrogens with zero attached hydrogens (tertiary/aromatic N) is 1. The molecule has 0 unspecified atom stereocenters. The standard InChI is InChI=1S/C15H20N2OS/c1-3-15-17-10-13(19-15)9-16-14-8-6-5-7-12(14)11-18-4-2/h5-8,10,16H,3-4,9,11H2,1-2H3. The van der Waals surface area contributed by atoms with Crippen LogP contribution in [0.15, 0.2) is 30.5 Å². The SMILES string of the molecule is CCOCc1ccccc1NCc1cnc(CC)s1. The van der Waals surface area contributed by atoms with E-state index < -0.39 is 0 Å². The molecular formula is C15H20N2OS. The van der Waals surface area contributed by atoms with Crippen LogP contribution in [0.4, 0.5) is 5.69 Å². The maximum atomic E-state index is 5.48. The van der Waals surface area contributed by atoms with E-state index >= 15 is 0 Å². The van der Waals surface area contributed by atoms with Gasteiger partial charge in [-0.05, 0) is 19.4 Å². The number of aryl methyl sites for hydroxylation is 1. The molecule has 1 heterocycles. The number of aromatic nitrogens is 1. The molecule has 19 heavy (non-hydrogen) atoms. The molecule has 3 nitrogen and oxygen atoms in total. The Morgan fingerprint density at radius 2 is 2.11 bits per heavy atom. The van der Waals surface area contributed by atoms with Crippen molar-refractivity contribution in [2.24, 2.45) is 0 Å². The lowest BCUT2D eigenvalue weighted by Crippen LogP contribution is -2.02. The molecule has 1 aromatic carbocycles. The number of hydrogen-bond acceptors (Lipinski definition) is 4. The molecule has 102 valence electrons. The molecule has 0 aliphatic rings. The van der Waals surface area contributed by atoms with Crippen LogP contribution in [-0.4, -0.2) is 11.6 Å². The molecule has 2 aromatic rings. The van der Waals surface area contributed by atoms with Crippen LogP contribution in [0.25, 0.3) is 0 Å². The summed E-state index contributed by atoms with van der Waals surface area (Å²) < 4.78 is 5.48. The van der Waals surface area contributed by atoms with E-state index in [1.165, 1.54) is 15.4 Å². The maximum absolute atomic E-state index is 5.48. The molecule has 0 bridgehead atoms. The number of hydrogen-bond donors (Lipinski definition) is 1. The Morgan fingerprint density at radius 1 is 1.26 bits per heavy atom. The minimum atomic E-state index is 0.655. The minimum absolute atomic E-state index is 0.655. The highest BCUT2D eigenvalue weighted by Crippen LogP contribution is 2.19. The van der Waals surface area contributed by atoms with Crippen molar-refractivity contribution in [3.63, 3.8) is 0 Å². The van der Waals surface area contributed by atoms with Crippen molar-refractivity contribution in [2.45, 2.75) is 33.4 Å². The van der Waals surface area contributed by atoms with Crippen molar-refractivity contribution >= 4 is 17.0 Å². The second-order valence-corrected chi connectivity index (χ2v) is 5.42. The molecule has 1 aromatic heterocycles. The molecule has 1 N–H and O–H groups in total. The van der Waals surface area contributed by atoms with Crippen LogP contribution in [0.2, 0.25) is 0 Å². The maximum Gasteiger partial charge on any atom is 0.0925 e. The Hall–Kier alpha value is -1.39. The third kappa shape index (κ3) is 4.04. The van der Waals surface area contributed by atoms with Crippen LogP contribution in [0.3, 0.4) is 0 Å². The molecule has 0 fully saturated rings. The second-order valence-electron chi connectivity index (χ2n) is 4.22. The minimum Gasteiger partial charge on any atom is -0.380 e. The van der Waals surface area contributed by atoms with Gasteiger partial charge >= 0.3 is 0 Å². The first-order valence-electron chi connectivity index (χ1n) is 6.66. The van der Waals surface area contributed by atoms with Gasteiger partial charge in [0.25, 0.3) is 0 Å². The monoisotopic (exact) mass is 276 g/mol. The molecule has 0 saturated heterocycles. The summed E-state index contributed by atoms with van der Waals surface area (Å²) in [5.74, 6) is 0. The number of benzene rings is 1. The molecule has 0 atom stereocenters. The summed E-state index contributed by atoms with van der Waals surface area (Å²) >= 11 is 1.77. The predicted molar refractivity (Wildman–Crippen MR) is 80.6 cm³/mol. The van der Waals surface area contributed by atoms with Gasteiger partial charge in [-0.1, -0.05) is 25.1 Å². The zero-order valence-corrected chi connectivity index (χ0v) is 12.3. The van der Waals surface area contributed by atoms with Gasteiger partial charge in [0.15, 0.2) is 0 Å². The van der Waals surface area contributed by atoms with Gasteiger partial charge in [-0.15, -0.1) is 11.3 Å². The zero-order chi connectivity index (χ0) is 13.5. The molecule has 4 heteroatoms. The molecule has 0 saturated carbocycles. The predicted octanol–water partition coefficient (Wildman–Crippen LogP) is 3.85. The van der Waals surface area contributed by atoms with E-state index in [0.29, 0.717) is 6.61 Å². The van der Waals surface area contributed by atoms with Gasteiger partial charge in [0, 0.05) is 28.9 Å². The van der Waals surface area contributed by atoms with Gasteiger partial charge in [0.2, 0.25) is 0 Å². The highest BCUT2D eigenvalue weighted by atomic mass is 32.1. The quantitative estimate of drug-likeness (QED) is 0.834. The van der Waals surface area contributed by atoms with E-state index in [1.807, 2.05) is 25.3 Å². The Balaban J connectivity index is 1.98. The molecule has 0 aliphatic heterocycles. The summed E-state index contributed by atoms with van der Waals surface area (Å²) in [5, 5.41) is 4.66. The van der Waals surface area contributed by atoms with Crippen molar-refractivity contribution in [3.05, 3.63) is 45.9 Å². The molecule has 0 spiro atoms. The van der Waals surface area contributed by atoms with Crippen LogP contribution in [0.5, 0.6) is 0 Å². The van der Waals surface area contributed by atoms with Crippen LogP contribution >= 0.6 is 11.3 Å². The summed E-state index contributed by atoms with van der Waals surface area (Å²) in [6, 6.07) is 8.28. The summed E-state index contributed by atoms with van der Waals surface area (Å²) in [5.41, 5.74) is 2.34. The largest absolute Gasteiger partial charge is 0.380 e. The first kappa shape index (κ1) is 14.0. The normalized spacial score (nSPS) is 10.6. The summed E-state index contributed by atoms with van der Waals surface area (Å²) in [6.45, 7) is 6.36. The van der Waals surface area contributed by atoms with Crippen molar-refractivity contribution < 1.29 is 4.74 Å². The van der Waals surface area contributed by atoms with E-state index in [9.17, 15) is 0 Å². The van der Waals surface area contributed by atoms with E-state index in [2.05, 4.69) is 29.4 Å². The number of para-hydroxylation sites is 1. The highest BCUT2D eigenvalue weighted by Gasteiger charge is 2.03. The van der Waals surface area contributed by atoms with Gasteiger partial charge in [0.05, 0.1) is 18.2 Å². The number of nitrogens with one attached hydrogen (secondary N) is 1. The lowest BCUT2D eigenvalue weighted by Gasteiger charge is -2.11. The number of ether oxygens (including phenoxy) is 1. The van der Waals surface area contributed by atoms with E-state index in [1.54, 1.807) is 11.3 Å². The molecule has 2 rings (SSSR count). The van der Waals surface area contributed by atoms with Crippen molar-refractivity contribution in [3.8, 4) is 0 Å². The molecular weight excluding hydrogens is 256 g/mol. The van der Waals surface area contributed by atoms with Gasteiger partial charge in [-0.3, -0.25) is 0 Å². The summed E-state index contributed by atoms with van der Waals surface area (Å²) in [4.78, 5) is 5.64. The van der Waals surface area contributed by atoms with Gasteiger partial charge in [-0.25, -0.2) is 4.98 Å². The van der Waals surface area contributed by atoms with Gasteiger partial charge < -0.3 is 10.1 Å². The Kier molecular flexibility index (Phi) is 5.36. The number of anilines is 1. The first-order chi connectivity index (χ1) is 9.33. The zero-order valence-electron chi connectivity index (χ0n) is 11.5. The Morgan fingerprint density at radius 3 is 2.84 bits per heavy atom. The second kappa shape index (κ2) is 7.26. The van der Waals surface area contributed by atoms with Crippen LogP contribution in [0, 0.1) is 0 Å². The highest BCUT2D eigenvalue weighted by molar-refractivity contribution is 7.11. The van der Waals surface area contributed by atoms with E-state index in [4.69, 9.17) is 4.74 Å². The summed E-state index contributed by atoms with van der Waals surface area (Å²) in [6.07, 6.45) is 2.97. The van der Waals surface area contributed by atoms with Crippen molar-refractivity contribution in [1.82, 2.24) is 4.98 Å². The fourth-order valence-electron chi connectivity index (χ4n) is 1.81. The average molecular weight is 276 g/mol. The van der Waals surface area contributed by atoms with E-state index in [0.717, 1.165) is 25.3 Å². The fourth-order valence-corrected chi connectivity index (χ4v) is 2.61. The molecule has 0 radical (unpaired) electrons. The number of rotatable bonds is 7. The molecule has 0 amide bonds. The lowest BCUT2D eigenvalue weighted by molar-refractivity contribution is 0.134. The topological polar surface area (TPSA) is 34.1 Å². The number of thiazole rings is 1. The Labute approximate surface area is 118 Å². The average Bonchev–Trinajstić information content (AvgIpc) is 2.91. The van der Waals surface area contributed by atoms with Crippen LogP contribution in [-0.2, 0) is 24.3 Å². The Bertz CT molecular complexity index is 510. The van der Waals surface area contributed by atoms with Crippen LogP contribution < -0.4 is 5.32 Å². The first-order valence-corrected chi connectivity index (χ1v) is 7.48. The van der Waals surface area contributed by atoms with E-state index in [-0.39, 0.29) is 0 Å². The fraction of sp³-hybridized carbons (Fsp3) is 0.400. The van der Waals surface area contributed by atoms with Gasteiger partial charge in [-0.2, -0.15) is 0 Å².